The minimum absolute atomic E-state index is 0.0472. The first-order chi connectivity index (χ1) is 41.2. The molecule has 2 unspecified atom stereocenters. The summed E-state index contributed by atoms with van der Waals surface area (Å²) < 4.78 is 29.2. The van der Waals surface area contributed by atoms with Crippen molar-refractivity contribution >= 4 is 99.4 Å². The molecule has 3 N–H and O–H groups in total. The number of carboxylic acid groups (broad SMARTS) is 2. The number of fused-ring (bicyclic) bond motifs is 2. The zero-order valence-electron chi connectivity index (χ0n) is 49.6. The third-order valence-corrected chi connectivity index (χ3v) is 19.3. The van der Waals surface area contributed by atoms with Crippen LogP contribution < -0.4 is 19.6 Å². The smallest absolute Gasteiger partial charge is 0.328 e. The second-order valence-corrected chi connectivity index (χ2v) is 25.6. The Bertz CT molecular complexity index is 3740. The largest absolute Gasteiger partial charge is 0.481 e. The highest BCUT2D eigenvalue weighted by Gasteiger charge is 2.45. The molecule has 4 aliphatic heterocycles. The molecule has 2 atom stereocenters. The van der Waals surface area contributed by atoms with Crippen LogP contribution in [-0.2, 0) is 23.9 Å². The molecule has 0 aliphatic carbocycles. The van der Waals surface area contributed by atoms with Crippen molar-refractivity contribution in [2.24, 2.45) is 10.8 Å². The van der Waals surface area contributed by atoms with Gasteiger partial charge in [-0.15, -0.1) is 0 Å². The van der Waals surface area contributed by atoms with E-state index in [0.717, 1.165) is 44.3 Å². The van der Waals surface area contributed by atoms with Gasteiger partial charge >= 0.3 is 24.0 Å². The summed E-state index contributed by atoms with van der Waals surface area (Å²) in [5, 5.41) is 30.1. The van der Waals surface area contributed by atoms with E-state index in [-0.39, 0.29) is 31.3 Å². The Morgan fingerprint density at radius 1 is 0.663 bits per heavy atom. The Labute approximate surface area is 508 Å². The molecule has 4 amide bonds. The standard InChI is InChI=1S/C30H37N7O4S.C29H35N7O6S2/c1-5-23-15-30(6-2,26(39)40)10-11-36(23)27-31-16-22(17-32-27)21-13-20(9-8-12-38)25-24(14-21)33-28(42-25)37-19-34(4)18-35(7-3)29(37)41;1-5-29(25(37)38)9-11-35(12-10-29)26-30-16-22(17-31-26)21-14-20(8-7-13-42-44(4,40)41)24-23(15-21)32-27(43-24)36-19-33(3)18-34(6-2)28(36)39/h13-14,16-17,23,38H,5-7,10-12,15,18-19H2,1-4H3,(H,39,40);14-17H,5-6,9-13,18-19H2,1-4H3,(H,37,38). The molecule has 2 aromatic carbocycles. The van der Waals surface area contributed by atoms with Crippen LogP contribution in [0, 0.1) is 34.5 Å². The molecule has 0 spiro atoms. The molecule has 6 aromatic rings. The van der Waals surface area contributed by atoms with E-state index in [1.54, 1.807) is 44.4 Å². The lowest BCUT2D eigenvalue weighted by atomic mass is 9.73. The molecule has 24 nitrogen and oxygen atoms in total. The molecule has 0 bridgehead atoms. The summed E-state index contributed by atoms with van der Waals surface area (Å²) in [6.45, 7) is 14.1. The van der Waals surface area contributed by atoms with Gasteiger partial charge in [-0.2, -0.15) is 8.42 Å². The number of thiazole rings is 2. The van der Waals surface area contributed by atoms with Crippen LogP contribution in [-0.4, -0.2) is 196 Å². The lowest BCUT2D eigenvalue weighted by Crippen LogP contribution is -2.56. The van der Waals surface area contributed by atoms with E-state index < -0.39 is 32.9 Å². The van der Waals surface area contributed by atoms with Crippen LogP contribution in [0.1, 0.15) is 90.7 Å². The number of nitrogens with zero attached hydrogens (tertiary/aromatic N) is 14. The number of anilines is 4. The number of aliphatic hydroxyl groups excluding tert-OH is 1. The van der Waals surface area contributed by atoms with Crippen molar-refractivity contribution in [1.29, 1.82) is 0 Å². The van der Waals surface area contributed by atoms with Gasteiger partial charge in [0.1, 0.15) is 13.2 Å². The monoisotopic (exact) mass is 1230 g/mol. The molecular weight excluding hydrogens is 1160 g/mol. The van der Waals surface area contributed by atoms with E-state index >= 15 is 0 Å². The number of urea groups is 2. The number of amides is 4. The zero-order chi connectivity index (χ0) is 61.7. The summed E-state index contributed by atoms with van der Waals surface area (Å²) in [6, 6.07) is 7.49. The van der Waals surface area contributed by atoms with E-state index in [9.17, 15) is 42.9 Å². The van der Waals surface area contributed by atoms with Gasteiger partial charge in [0.05, 0.1) is 64.2 Å². The Morgan fingerprint density at radius 3 is 1.56 bits per heavy atom. The molecule has 27 heteroatoms. The number of aliphatic hydroxyl groups is 1. The lowest BCUT2D eigenvalue weighted by molar-refractivity contribution is -0.151. The van der Waals surface area contributed by atoms with Crippen LogP contribution in [0.15, 0.2) is 49.1 Å². The minimum atomic E-state index is -3.64. The molecule has 4 aromatic heterocycles. The van der Waals surface area contributed by atoms with Crippen molar-refractivity contribution in [3.8, 4) is 45.9 Å². The van der Waals surface area contributed by atoms with Gasteiger partial charge in [0.25, 0.3) is 10.1 Å². The summed E-state index contributed by atoms with van der Waals surface area (Å²) in [5.41, 5.74) is 4.32. The van der Waals surface area contributed by atoms with Gasteiger partial charge in [-0.3, -0.25) is 33.4 Å². The minimum Gasteiger partial charge on any atom is -0.481 e. The van der Waals surface area contributed by atoms with Gasteiger partial charge in [0.15, 0.2) is 10.3 Å². The molecule has 4 saturated heterocycles. The lowest BCUT2D eigenvalue weighted by Gasteiger charge is -2.44. The maximum Gasteiger partial charge on any atom is 0.328 e. The highest BCUT2D eigenvalue weighted by Crippen LogP contribution is 2.42. The third kappa shape index (κ3) is 13.5. The van der Waals surface area contributed by atoms with Gasteiger partial charge < -0.3 is 34.9 Å². The Morgan fingerprint density at radius 2 is 1.13 bits per heavy atom. The van der Waals surface area contributed by atoms with Crippen LogP contribution in [0.25, 0.3) is 42.7 Å². The first-order valence-electron chi connectivity index (χ1n) is 28.6. The van der Waals surface area contributed by atoms with E-state index in [1.165, 1.54) is 22.7 Å². The van der Waals surface area contributed by atoms with Crippen molar-refractivity contribution in [3.63, 3.8) is 0 Å². The summed E-state index contributed by atoms with van der Waals surface area (Å²) in [4.78, 5) is 93.3. The van der Waals surface area contributed by atoms with Crippen LogP contribution in [0.5, 0.6) is 0 Å². The van der Waals surface area contributed by atoms with Gasteiger partial charge in [-0.25, -0.2) is 39.5 Å². The van der Waals surface area contributed by atoms with Crippen molar-refractivity contribution in [1.82, 2.24) is 49.5 Å². The SMILES string of the molecule is CCC1CC(CC)(C(=O)O)CCN1c1ncc(-c2cc(C#CCO)c3sc(N4CN(C)CN(CC)C4=O)nc3c2)cn1.CCN1CN(C)CN(c2nc3cc(-c4cnc(N5CCC(CC)(C(=O)O)CC5)nc4)cc(C#CCOS(C)(=O)=O)c3s2)C1=O. The first-order valence-corrected chi connectivity index (χ1v) is 32.1. The number of aliphatic carboxylic acids is 2. The molecule has 4 fully saturated rings. The van der Waals surface area contributed by atoms with E-state index in [2.05, 4.69) is 50.4 Å². The summed E-state index contributed by atoms with van der Waals surface area (Å²) in [6.07, 6.45) is 12.1. The highest BCUT2D eigenvalue weighted by molar-refractivity contribution is 7.86. The van der Waals surface area contributed by atoms with Gasteiger partial charge in [-0.1, -0.05) is 67.1 Å². The summed E-state index contributed by atoms with van der Waals surface area (Å²) in [5.74, 6) is 11.2. The quantitative estimate of drug-likeness (QED) is 0.0670. The van der Waals surface area contributed by atoms with Gasteiger partial charge in [0, 0.05) is 85.8 Å². The van der Waals surface area contributed by atoms with Crippen molar-refractivity contribution in [2.75, 3.05) is 113 Å². The molecule has 0 radical (unpaired) electrons. The van der Waals surface area contributed by atoms with Crippen molar-refractivity contribution in [3.05, 3.63) is 60.2 Å². The first kappa shape index (κ1) is 62.9. The topological polar surface area (TPSA) is 276 Å². The van der Waals surface area contributed by atoms with Crippen molar-refractivity contribution in [2.45, 2.75) is 85.6 Å². The average Bonchev–Trinajstić information content (AvgIpc) is 3.32. The number of rotatable bonds is 15. The number of aromatic nitrogens is 6. The van der Waals surface area contributed by atoms with Gasteiger partial charge in [0.2, 0.25) is 11.9 Å². The number of piperidine rings is 2. The fourth-order valence-electron chi connectivity index (χ4n) is 11.3. The Hall–Kier alpha value is -7.63. The van der Waals surface area contributed by atoms with Crippen LogP contribution in [0.4, 0.5) is 31.7 Å². The summed E-state index contributed by atoms with van der Waals surface area (Å²) in [7, 11) is 0.260. The molecule has 4 aliphatic rings. The number of hydrogen-bond donors (Lipinski definition) is 3. The average molecular weight is 1230 g/mol. The van der Waals surface area contributed by atoms with E-state index in [1.807, 2.05) is 75.9 Å². The molecule has 456 valence electrons. The second kappa shape index (κ2) is 26.5. The Balaban J connectivity index is 0.000000206. The highest BCUT2D eigenvalue weighted by atomic mass is 32.2. The maximum atomic E-state index is 13.1. The molecular formula is C59H72N14O10S3. The predicted octanol–water partition coefficient (Wildman–Crippen LogP) is 7.34. The van der Waals surface area contributed by atoms with Crippen LogP contribution in [0.2, 0.25) is 0 Å². The maximum absolute atomic E-state index is 13.1. The Kier molecular flexibility index (Phi) is 19.4. The molecule has 10 rings (SSSR count). The molecule has 8 heterocycles. The molecule has 86 heavy (non-hydrogen) atoms. The second-order valence-electron chi connectivity index (χ2n) is 22.0. The van der Waals surface area contributed by atoms with Crippen LogP contribution >= 0.6 is 22.7 Å². The van der Waals surface area contributed by atoms with Crippen LogP contribution in [0.3, 0.4) is 0 Å². The van der Waals surface area contributed by atoms with Crippen molar-refractivity contribution < 1.29 is 47.1 Å². The fourth-order valence-corrected chi connectivity index (χ4v) is 13.5. The number of hydrogen-bond acceptors (Lipinski definition) is 20. The zero-order valence-corrected chi connectivity index (χ0v) is 52.1. The normalized spacial score (nSPS) is 19.5. The number of carboxylic acids is 2. The molecule has 0 saturated carbocycles. The fraction of sp³-hybridized carbons (Fsp3) is 0.492. The van der Waals surface area contributed by atoms with Gasteiger partial charge in [-0.05, 0) is 108 Å². The number of benzene rings is 2. The number of carbonyl (C=O) groups excluding carboxylic acids is 2. The third-order valence-electron chi connectivity index (χ3n) is 16.5. The number of carbonyl (C=O) groups is 4. The summed E-state index contributed by atoms with van der Waals surface area (Å²) >= 11 is 2.75. The van der Waals surface area contributed by atoms with E-state index in [0.29, 0.717) is 142 Å². The predicted molar refractivity (Wildman–Crippen MR) is 331 cm³/mol. The van der Waals surface area contributed by atoms with E-state index in [4.69, 9.17) is 24.1 Å².